The van der Waals surface area contributed by atoms with E-state index < -0.39 is 5.97 Å². The van der Waals surface area contributed by atoms with Gasteiger partial charge in [-0.25, -0.2) is 4.79 Å². The molecule has 1 aromatic carbocycles. The molecule has 5 heteroatoms. The third-order valence-corrected chi connectivity index (χ3v) is 3.38. The predicted octanol–water partition coefficient (Wildman–Crippen LogP) is 3.70. The van der Waals surface area contributed by atoms with Gasteiger partial charge in [-0.3, -0.25) is 0 Å². The number of benzene rings is 1. The van der Waals surface area contributed by atoms with Crippen LogP contribution in [0.1, 0.15) is 48.7 Å². The zero-order valence-electron chi connectivity index (χ0n) is 14.0. The first-order chi connectivity index (χ1) is 11.0. The second kappa shape index (κ2) is 7.83. The molecule has 0 saturated heterocycles. The highest BCUT2D eigenvalue weighted by molar-refractivity contribution is 5.86. The van der Waals surface area contributed by atoms with Crippen molar-refractivity contribution in [2.75, 3.05) is 7.11 Å². The van der Waals surface area contributed by atoms with Gasteiger partial charge < -0.3 is 19.2 Å². The molecule has 1 heterocycles. The largest absolute Gasteiger partial charge is 0.491 e. The monoisotopic (exact) mass is 317 g/mol. The minimum Gasteiger partial charge on any atom is -0.491 e. The van der Waals surface area contributed by atoms with Crippen LogP contribution < -0.4 is 10.1 Å². The molecule has 1 atom stereocenters. The van der Waals surface area contributed by atoms with Gasteiger partial charge in [0.05, 0.1) is 19.8 Å². The van der Waals surface area contributed by atoms with Crippen LogP contribution in [0.2, 0.25) is 0 Å². The lowest BCUT2D eigenvalue weighted by molar-refractivity contribution is 0.0563. The number of carbonyl (C=O) groups excluding carboxylic acids is 1. The van der Waals surface area contributed by atoms with Crippen molar-refractivity contribution in [1.29, 1.82) is 0 Å². The first-order valence-electron chi connectivity index (χ1n) is 7.66. The first kappa shape index (κ1) is 17.1. The fourth-order valence-electron chi connectivity index (χ4n) is 2.16. The van der Waals surface area contributed by atoms with E-state index in [-0.39, 0.29) is 17.9 Å². The predicted molar refractivity (Wildman–Crippen MR) is 87.5 cm³/mol. The van der Waals surface area contributed by atoms with Gasteiger partial charge in [0.1, 0.15) is 11.5 Å². The molecule has 0 bridgehead atoms. The summed E-state index contributed by atoms with van der Waals surface area (Å²) in [6.45, 7) is 6.61. The van der Waals surface area contributed by atoms with Gasteiger partial charge in [0.15, 0.2) is 0 Å². The zero-order valence-corrected chi connectivity index (χ0v) is 14.0. The summed E-state index contributed by atoms with van der Waals surface area (Å²) in [5.41, 5.74) is 1.15. The van der Waals surface area contributed by atoms with Crippen LogP contribution in [-0.4, -0.2) is 19.2 Å². The van der Waals surface area contributed by atoms with Crippen LogP contribution in [0.5, 0.6) is 5.75 Å². The van der Waals surface area contributed by atoms with Gasteiger partial charge >= 0.3 is 5.97 Å². The highest BCUT2D eigenvalue weighted by atomic mass is 16.5. The lowest BCUT2D eigenvalue weighted by Crippen LogP contribution is -2.17. The molecule has 5 nitrogen and oxygen atoms in total. The molecule has 0 fully saturated rings. The summed E-state index contributed by atoms with van der Waals surface area (Å²) in [5.74, 6) is 1.30. The number of esters is 1. The van der Waals surface area contributed by atoms with E-state index in [1.807, 2.05) is 38.1 Å². The number of hydrogen-bond acceptors (Lipinski definition) is 5. The molecule has 0 aliphatic rings. The Hall–Kier alpha value is -2.27. The second-order valence-electron chi connectivity index (χ2n) is 5.60. The van der Waals surface area contributed by atoms with E-state index in [1.54, 1.807) is 12.1 Å². The van der Waals surface area contributed by atoms with Crippen molar-refractivity contribution in [3.05, 3.63) is 53.5 Å². The normalized spacial score (nSPS) is 12.2. The molecule has 0 aliphatic heterocycles. The lowest BCUT2D eigenvalue weighted by atomic mass is 10.1. The fourth-order valence-corrected chi connectivity index (χ4v) is 2.16. The second-order valence-corrected chi connectivity index (χ2v) is 5.60. The van der Waals surface area contributed by atoms with Crippen LogP contribution in [0.3, 0.4) is 0 Å². The number of hydrogen-bond donors (Lipinski definition) is 1. The number of ether oxygens (including phenoxy) is 2. The molecule has 124 valence electrons. The molecule has 0 amide bonds. The van der Waals surface area contributed by atoms with Crippen molar-refractivity contribution >= 4 is 5.97 Å². The number of methoxy groups -OCH3 is 1. The third-order valence-electron chi connectivity index (χ3n) is 3.38. The summed E-state index contributed by atoms with van der Waals surface area (Å²) < 4.78 is 15.7. The van der Waals surface area contributed by atoms with Crippen molar-refractivity contribution in [2.45, 2.75) is 39.5 Å². The van der Waals surface area contributed by atoms with Crippen LogP contribution in [0.15, 0.2) is 40.8 Å². The molecule has 1 N–H and O–H groups in total. The van der Waals surface area contributed by atoms with E-state index in [1.165, 1.54) is 7.11 Å². The minimum atomic E-state index is -0.468. The minimum absolute atomic E-state index is 0.148. The van der Waals surface area contributed by atoms with E-state index in [9.17, 15) is 4.79 Å². The van der Waals surface area contributed by atoms with Crippen molar-refractivity contribution in [2.24, 2.45) is 0 Å². The standard InChI is InChI=1S/C18H23NO4/c1-12(2)22-15-7-5-14(6-8-15)13(3)19-11-16-9-10-17(23-16)18(20)21-4/h5-10,12-13,19H,11H2,1-4H3. The summed E-state index contributed by atoms with van der Waals surface area (Å²) in [4.78, 5) is 11.3. The average Bonchev–Trinajstić information content (AvgIpc) is 3.01. The summed E-state index contributed by atoms with van der Waals surface area (Å²) in [5, 5.41) is 3.36. The van der Waals surface area contributed by atoms with E-state index >= 15 is 0 Å². The van der Waals surface area contributed by atoms with Gasteiger partial charge in [0, 0.05) is 6.04 Å². The van der Waals surface area contributed by atoms with E-state index in [0.29, 0.717) is 12.3 Å². The average molecular weight is 317 g/mol. The van der Waals surface area contributed by atoms with Crippen molar-refractivity contribution in [3.63, 3.8) is 0 Å². The molecule has 0 radical (unpaired) electrons. The van der Waals surface area contributed by atoms with Crippen molar-refractivity contribution in [1.82, 2.24) is 5.32 Å². The Labute approximate surface area is 136 Å². The number of nitrogens with one attached hydrogen (secondary N) is 1. The third kappa shape index (κ3) is 4.86. The summed E-state index contributed by atoms with van der Waals surface area (Å²) >= 11 is 0. The highest BCUT2D eigenvalue weighted by Crippen LogP contribution is 2.19. The Morgan fingerprint density at radius 3 is 2.43 bits per heavy atom. The smallest absolute Gasteiger partial charge is 0.373 e. The Balaban J connectivity index is 1.90. The van der Waals surface area contributed by atoms with E-state index in [0.717, 1.165) is 11.3 Å². The Morgan fingerprint density at radius 1 is 1.13 bits per heavy atom. The molecule has 1 aromatic heterocycles. The molecule has 23 heavy (non-hydrogen) atoms. The summed E-state index contributed by atoms with van der Waals surface area (Å²) in [6.07, 6.45) is 0.166. The van der Waals surface area contributed by atoms with Crippen LogP contribution in [0.4, 0.5) is 0 Å². The maximum absolute atomic E-state index is 11.3. The Bertz CT molecular complexity index is 631. The van der Waals surface area contributed by atoms with Gasteiger partial charge in [-0.15, -0.1) is 0 Å². The molecular formula is C18H23NO4. The molecule has 0 aliphatic carbocycles. The highest BCUT2D eigenvalue weighted by Gasteiger charge is 2.12. The quantitative estimate of drug-likeness (QED) is 0.789. The van der Waals surface area contributed by atoms with E-state index in [4.69, 9.17) is 9.15 Å². The number of rotatable bonds is 7. The fraction of sp³-hybridized carbons (Fsp3) is 0.389. The Kier molecular flexibility index (Phi) is 5.82. The number of furan rings is 1. The first-order valence-corrected chi connectivity index (χ1v) is 7.66. The molecular weight excluding hydrogens is 294 g/mol. The molecule has 0 saturated carbocycles. The zero-order chi connectivity index (χ0) is 16.8. The van der Waals surface area contributed by atoms with Gasteiger partial charge in [-0.2, -0.15) is 0 Å². The van der Waals surface area contributed by atoms with Crippen LogP contribution >= 0.6 is 0 Å². The summed E-state index contributed by atoms with van der Waals surface area (Å²) in [6, 6.07) is 11.5. The lowest BCUT2D eigenvalue weighted by Gasteiger charge is -2.15. The van der Waals surface area contributed by atoms with Crippen LogP contribution in [0, 0.1) is 0 Å². The van der Waals surface area contributed by atoms with Gasteiger partial charge in [-0.1, -0.05) is 12.1 Å². The molecule has 2 rings (SSSR count). The molecule has 2 aromatic rings. The van der Waals surface area contributed by atoms with Crippen molar-refractivity contribution < 1.29 is 18.7 Å². The topological polar surface area (TPSA) is 60.7 Å². The van der Waals surface area contributed by atoms with Crippen LogP contribution in [0.25, 0.3) is 0 Å². The maximum atomic E-state index is 11.3. The Morgan fingerprint density at radius 2 is 1.83 bits per heavy atom. The number of carbonyl (C=O) groups is 1. The molecule has 1 unspecified atom stereocenters. The van der Waals surface area contributed by atoms with E-state index in [2.05, 4.69) is 17.0 Å². The van der Waals surface area contributed by atoms with Gasteiger partial charge in [0.2, 0.25) is 5.76 Å². The van der Waals surface area contributed by atoms with Crippen LogP contribution in [-0.2, 0) is 11.3 Å². The molecule has 0 spiro atoms. The maximum Gasteiger partial charge on any atom is 0.373 e. The summed E-state index contributed by atoms with van der Waals surface area (Å²) in [7, 11) is 1.33. The SMILES string of the molecule is COC(=O)c1ccc(CNC(C)c2ccc(OC(C)C)cc2)o1. The van der Waals surface area contributed by atoms with Crippen molar-refractivity contribution in [3.8, 4) is 5.75 Å². The van der Waals surface area contributed by atoms with Gasteiger partial charge in [-0.05, 0) is 50.6 Å². The van der Waals surface area contributed by atoms with Gasteiger partial charge in [0.25, 0.3) is 0 Å².